The predicted octanol–water partition coefficient (Wildman–Crippen LogP) is 2.46. The fourth-order valence-corrected chi connectivity index (χ4v) is 1.54. The van der Waals surface area contributed by atoms with Crippen molar-refractivity contribution in [3.05, 3.63) is 47.4 Å². The van der Waals surface area contributed by atoms with Crippen molar-refractivity contribution < 1.29 is 8.91 Å². The molecule has 0 aliphatic rings. The van der Waals surface area contributed by atoms with Crippen molar-refractivity contribution in [2.75, 3.05) is 0 Å². The Morgan fingerprint density at radius 1 is 1.28 bits per heavy atom. The lowest BCUT2D eigenvalue weighted by atomic mass is 10.1. The molecule has 4 nitrogen and oxygen atoms in total. The molecule has 18 heavy (non-hydrogen) atoms. The number of hydrogen-bond donors (Lipinski definition) is 1. The van der Waals surface area contributed by atoms with Gasteiger partial charge in [0.05, 0.1) is 6.04 Å². The number of rotatable bonds is 4. The van der Waals surface area contributed by atoms with Crippen molar-refractivity contribution >= 4 is 0 Å². The Kier molecular flexibility index (Phi) is 3.72. The van der Waals surface area contributed by atoms with Gasteiger partial charge in [0.25, 0.3) is 0 Å². The summed E-state index contributed by atoms with van der Waals surface area (Å²) in [7, 11) is 0. The fraction of sp³-hybridized carbons (Fsp3) is 0.385. The predicted molar refractivity (Wildman–Crippen MR) is 65.3 cm³/mol. The molecule has 0 aliphatic heterocycles. The molecule has 1 aromatic carbocycles. The van der Waals surface area contributed by atoms with Crippen LogP contribution in [0.25, 0.3) is 0 Å². The maximum atomic E-state index is 12.8. The summed E-state index contributed by atoms with van der Waals surface area (Å²) >= 11 is 0. The molecule has 2 N–H and O–H groups in total. The van der Waals surface area contributed by atoms with E-state index in [9.17, 15) is 4.39 Å². The molecule has 0 saturated heterocycles. The summed E-state index contributed by atoms with van der Waals surface area (Å²) in [6.07, 6.45) is 0.509. The van der Waals surface area contributed by atoms with E-state index in [-0.39, 0.29) is 17.8 Å². The molecule has 2 aromatic rings. The molecule has 1 unspecified atom stereocenters. The third kappa shape index (κ3) is 2.92. The van der Waals surface area contributed by atoms with Gasteiger partial charge in [-0.2, -0.15) is 4.98 Å². The van der Waals surface area contributed by atoms with Gasteiger partial charge >= 0.3 is 0 Å². The van der Waals surface area contributed by atoms with Crippen LogP contribution in [0.5, 0.6) is 0 Å². The lowest BCUT2D eigenvalue weighted by Crippen LogP contribution is -2.17. The Hall–Kier alpha value is -1.75. The van der Waals surface area contributed by atoms with Gasteiger partial charge in [-0.1, -0.05) is 31.1 Å². The minimum Gasteiger partial charge on any atom is -0.338 e. The Morgan fingerprint density at radius 3 is 2.56 bits per heavy atom. The molecule has 0 saturated carbocycles. The van der Waals surface area contributed by atoms with Crippen LogP contribution in [-0.4, -0.2) is 10.1 Å². The molecule has 2 rings (SSSR count). The number of nitrogens with two attached hydrogens (primary N) is 1. The van der Waals surface area contributed by atoms with Crippen LogP contribution in [0.4, 0.5) is 4.39 Å². The van der Waals surface area contributed by atoms with Crippen LogP contribution in [0.15, 0.2) is 28.8 Å². The lowest BCUT2D eigenvalue weighted by molar-refractivity contribution is 0.322. The van der Waals surface area contributed by atoms with Crippen LogP contribution in [-0.2, 0) is 6.42 Å². The lowest BCUT2D eigenvalue weighted by Gasteiger charge is -2.09. The highest BCUT2D eigenvalue weighted by atomic mass is 19.1. The van der Waals surface area contributed by atoms with E-state index in [0.717, 1.165) is 5.56 Å². The van der Waals surface area contributed by atoms with Crippen molar-refractivity contribution in [1.82, 2.24) is 10.1 Å². The number of aromatic nitrogens is 2. The van der Waals surface area contributed by atoms with Crippen molar-refractivity contribution in [2.24, 2.45) is 11.7 Å². The molecule has 0 aliphatic carbocycles. The van der Waals surface area contributed by atoms with E-state index in [2.05, 4.69) is 10.1 Å². The van der Waals surface area contributed by atoms with Crippen molar-refractivity contribution in [1.29, 1.82) is 0 Å². The molecule has 1 atom stereocenters. The van der Waals surface area contributed by atoms with E-state index in [4.69, 9.17) is 10.3 Å². The van der Waals surface area contributed by atoms with E-state index >= 15 is 0 Å². The van der Waals surface area contributed by atoms with Gasteiger partial charge in [-0.05, 0) is 23.6 Å². The van der Waals surface area contributed by atoms with Gasteiger partial charge in [0, 0.05) is 6.42 Å². The summed E-state index contributed by atoms with van der Waals surface area (Å²) in [5, 5.41) is 3.88. The Morgan fingerprint density at radius 2 is 1.94 bits per heavy atom. The van der Waals surface area contributed by atoms with Crippen molar-refractivity contribution in [2.45, 2.75) is 26.3 Å². The highest BCUT2D eigenvalue weighted by Crippen LogP contribution is 2.17. The van der Waals surface area contributed by atoms with Crippen LogP contribution in [0.3, 0.4) is 0 Å². The number of hydrogen-bond acceptors (Lipinski definition) is 4. The summed E-state index contributed by atoms with van der Waals surface area (Å²) in [4.78, 5) is 4.25. The van der Waals surface area contributed by atoms with Crippen LogP contribution in [0.2, 0.25) is 0 Å². The van der Waals surface area contributed by atoms with Gasteiger partial charge in [-0.15, -0.1) is 0 Å². The number of nitrogens with zero attached hydrogens (tertiary/aromatic N) is 2. The van der Waals surface area contributed by atoms with Crippen LogP contribution < -0.4 is 5.73 Å². The average molecular weight is 249 g/mol. The fourth-order valence-electron chi connectivity index (χ4n) is 1.54. The SMILES string of the molecule is CC(C)C(N)c1nc(Cc2ccc(F)cc2)no1. The molecule has 0 bridgehead atoms. The van der Waals surface area contributed by atoms with Crippen LogP contribution >= 0.6 is 0 Å². The Bertz CT molecular complexity index is 507. The van der Waals surface area contributed by atoms with Crippen molar-refractivity contribution in [3.63, 3.8) is 0 Å². The molecule has 1 aromatic heterocycles. The van der Waals surface area contributed by atoms with E-state index in [1.54, 1.807) is 12.1 Å². The first-order valence-electron chi connectivity index (χ1n) is 5.89. The quantitative estimate of drug-likeness (QED) is 0.904. The third-order valence-electron chi connectivity index (χ3n) is 2.76. The molecular weight excluding hydrogens is 233 g/mol. The maximum Gasteiger partial charge on any atom is 0.243 e. The van der Waals surface area contributed by atoms with E-state index < -0.39 is 0 Å². The summed E-state index contributed by atoms with van der Waals surface area (Å²) in [6.45, 7) is 3.99. The molecule has 0 fully saturated rings. The Labute approximate surface area is 105 Å². The first-order valence-corrected chi connectivity index (χ1v) is 5.89. The largest absolute Gasteiger partial charge is 0.338 e. The molecular formula is C13H16FN3O. The zero-order valence-electron chi connectivity index (χ0n) is 10.4. The summed E-state index contributed by atoms with van der Waals surface area (Å²) in [6, 6.07) is 5.98. The highest BCUT2D eigenvalue weighted by molar-refractivity contribution is 5.19. The first-order chi connectivity index (χ1) is 8.56. The molecule has 96 valence electrons. The van der Waals surface area contributed by atoms with Gasteiger partial charge in [-0.3, -0.25) is 0 Å². The van der Waals surface area contributed by atoms with Crippen LogP contribution in [0, 0.1) is 11.7 Å². The normalized spacial score (nSPS) is 12.9. The topological polar surface area (TPSA) is 64.9 Å². The monoisotopic (exact) mass is 249 g/mol. The van der Waals surface area contributed by atoms with Gasteiger partial charge in [0.15, 0.2) is 5.82 Å². The maximum absolute atomic E-state index is 12.8. The molecule has 1 heterocycles. The smallest absolute Gasteiger partial charge is 0.243 e. The second kappa shape index (κ2) is 5.27. The van der Waals surface area contributed by atoms with Gasteiger partial charge in [0.2, 0.25) is 5.89 Å². The second-order valence-corrected chi connectivity index (χ2v) is 4.62. The summed E-state index contributed by atoms with van der Waals surface area (Å²) < 4.78 is 17.9. The molecule has 0 radical (unpaired) electrons. The standard InChI is InChI=1S/C13H16FN3O/c1-8(2)12(15)13-16-11(17-18-13)7-9-3-5-10(14)6-4-9/h3-6,8,12H,7,15H2,1-2H3. The first kappa shape index (κ1) is 12.7. The zero-order valence-corrected chi connectivity index (χ0v) is 10.4. The number of benzene rings is 1. The average Bonchev–Trinajstić information content (AvgIpc) is 2.79. The highest BCUT2D eigenvalue weighted by Gasteiger charge is 2.17. The minimum atomic E-state index is -0.255. The van der Waals surface area contributed by atoms with E-state index in [0.29, 0.717) is 18.1 Å². The minimum absolute atomic E-state index is 0.240. The van der Waals surface area contributed by atoms with Gasteiger partial charge in [0.1, 0.15) is 5.82 Å². The van der Waals surface area contributed by atoms with Gasteiger partial charge in [-0.25, -0.2) is 4.39 Å². The van der Waals surface area contributed by atoms with Crippen molar-refractivity contribution in [3.8, 4) is 0 Å². The number of halogens is 1. The second-order valence-electron chi connectivity index (χ2n) is 4.62. The molecule has 0 amide bonds. The molecule has 0 spiro atoms. The Balaban J connectivity index is 2.09. The molecule has 5 heteroatoms. The van der Waals surface area contributed by atoms with Gasteiger partial charge < -0.3 is 10.3 Å². The van der Waals surface area contributed by atoms with E-state index in [1.165, 1.54) is 12.1 Å². The summed E-state index contributed by atoms with van der Waals surface area (Å²) in [5.41, 5.74) is 6.85. The zero-order chi connectivity index (χ0) is 13.1. The third-order valence-corrected chi connectivity index (χ3v) is 2.76. The van der Waals surface area contributed by atoms with Crippen LogP contribution in [0.1, 0.15) is 37.2 Å². The summed E-state index contributed by atoms with van der Waals surface area (Å²) in [5.74, 6) is 0.994. The van der Waals surface area contributed by atoms with E-state index in [1.807, 2.05) is 13.8 Å².